The van der Waals surface area contributed by atoms with E-state index in [0.29, 0.717) is 5.69 Å². The molecule has 0 aliphatic carbocycles. The van der Waals surface area contributed by atoms with Gasteiger partial charge in [0.05, 0.1) is 16.7 Å². The van der Waals surface area contributed by atoms with E-state index in [0.717, 1.165) is 6.08 Å². The lowest BCUT2D eigenvalue weighted by Gasteiger charge is -2.19. The molecule has 0 fully saturated rings. The zero-order valence-corrected chi connectivity index (χ0v) is 10.3. The second-order valence-corrected chi connectivity index (χ2v) is 3.71. The predicted molar refractivity (Wildman–Crippen MR) is 72.5 cm³/mol. The molecule has 0 spiro atoms. The number of hydrogen-bond donors (Lipinski definition) is 0. The van der Waals surface area contributed by atoms with Gasteiger partial charge in [-0.05, 0) is 18.2 Å². The van der Waals surface area contributed by atoms with Crippen molar-refractivity contribution in [2.24, 2.45) is 0 Å². The van der Waals surface area contributed by atoms with Crippen LogP contribution in [-0.2, 0) is 4.79 Å². The van der Waals surface area contributed by atoms with Gasteiger partial charge in [0.15, 0.2) is 0 Å². The van der Waals surface area contributed by atoms with E-state index in [1.807, 2.05) is 0 Å². The Kier molecular flexibility index (Phi) is 3.80. The minimum absolute atomic E-state index is 0.147. The van der Waals surface area contributed by atoms with Crippen molar-refractivity contribution in [3.05, 3.63) is 65.6 Å². The minimum atomic E-state index is -0.547. The summed E-state index contributed by atoms with van der Waals surface area (Å²) in [5, 5.41) is 10.8. The molecule has 0 aliphatic heterocycles. The van der Waals surface area contributed by atoms with Crippen LogP contribution in [-0.4, -0.2) is 20.8 Å². The lowest BCUT2D eigenvalue weighted by molar-refractivity contribution is -0.384. The van der Waals surface area contributed by atoms with Crippen LogP contribution in [0.4, 0.5) is 17.2 Å². The SMILES string of the molecule is C=CC(=O)N(c1ccncc1)c1cc([N+](=O)[O-])ccn1. The summed E-state index contributed by atoms with van der Waals surface area (Å²) in [4.78, 5) is 31.3. The summed E-state index contributed by atoms with van der Waals surface area (Å²) >= 11 is 0. The molecule has 0 unspecified atom stereocenters. The smallest absolute Gasteiger partial charge is 0.269 e. The molecule has 0 bridgehead atoms. The van der Waals surface area contributed by atoms with Crippen LogP contribution in [0.5, 0.6) is 0 Å². The van der Waals surface area contributed by atoms with Gasteiger partial charge in [0, 0.05) is 24.7 Å². The third-order valence-electron chi connectivity index (χ3n) is 2.48. The maximum atomic E-state index is 12.0. The van der Waals surface area contributed by atoms with E-state index >= 15 is 0 Å². The number of amides is 1. The van der Waals surface area contributed by atoms with Crippen molar-refractivity contribution in [2.75, 3.05) is 4.90 Å². The third kappa shape index (κ3) is 2.66. The molecule has 100 valence electrons. The quantitative estimate of drug-likeness (QED) is 0.483. The molecule has 7 nitrogen and oxygen atoms in total. The first-order chi connectivity index (χ1) is 9.63. The average molecular weight is 270 g/mol. The molecule has 0 aliphatic rings. The van der Waals surface area contributed by atoms with Gasteiger partial charge in [-0.3, -0.25) is 24.8 Å². The van der Waals surface area contributed by atoms with E-state index in [1.165, 1.54) is 35.6 Å². The van der Waals surface area contributed by atoms with Crippen molar-refractivity contribution in [3.63, 3.8) is 0 Å². The van der Waals surface area contributed by atoms with E-state index in [2.05, 4.69) is 16.5 Å². The number of pyridine rings is 2. The standard InChI is InChI=1S/C13H10N4O3/c1-2-13(18)16(10-3-6-14-7-4-10)12-9-11(17(19)20)5-8-15-12/h2-9H,1H2. The highest BCUT2D eigenvalue weighted by Gasteiger charge is 2.19. The highest BCUT2D eigenvalue weighted by Crippen LogP contribution is 2.26. The summed E-state index contributed by atoms with van der Waals surface area (Å²) in [6.45, 7) is 3.42. The van der Waals surface area contributed by atoms with Crippen LogP contribution in [0.2, 0.25) is 0 Å². The Hall–Kier alpha value is -3.09. The lowest BCUT2D eigenvalue weighted by atomic mass is 10.3. The second-order valence-electron chi connectivity index (χ2n) is 3.71. The molecule has 2 aromatic heterocycles. The van der Waals surface area contributed by atoms with Crippen LogP contribution >= 0.6 is 0 Å². The van der Waals surface area contributed by atoms with Crippen molar-refractivity contribution >= 4 is 23.1 Å². The van der Waals surface area contributed by atoms with Crippen molar-refractivity contribution in [1.29, 1.82) is 0 Å². The van der Waals surface area contributed by atoms with Gasteiger partial charge in [-0.25, -0.2) is 4.98 Å². The zero-order chi connectivity index (χ0) is 14.5. The van der Waals surface area contributed by atoms with Crippen LogP contribution < -0.4 is 4.90 Å². The van der Waals surface area contributed by atoms with Crippen LogP contribution in [0.15, 0.2) is 55.5 Å². The molecule has 0 atom stereocenters. The van der Waals surface area contributed by atoms with E-state index in [9.17, 15) is 14.9 Å². The van der Waals surface area contributed by atoms with Crippen molar-refractivity contribution in [3.8, 4) is 0 Å². The molecule has 0 aromatic carbocycles. The van der Waals surface area contributed by atoms with Crippen LogP contribution in [0, 0.1) is 10.1 Å². The number of carbonyl (C=O) groups is 1. The number of aromatic nitrogens is 2. The van der Waals surface area contributed by atoms with Crippen LogP contribution in [0.1, 0.15) is 0 Å². The number of carbonyl (C=O) groups excluding carboxylic acids is 1. The van der Waals surface area contributed by atoms with Crippen molar-refractivity contribution in [1.82, 2.24) is 9.97 Å². The largest absolute Gasteiger partial charge is 0.274 e. The molecule has 2 heterocycles. The Morgan fingerprint density at radius 2 is 2.00 bits per heavy atom. The number of hydrogen-bond acceptors (Lipinski definition) is 5. The Bertz CT molecular complexity index is 658. The van der Waals surface area contributed by atoms with Gasteiger partial charge in [0.1, 0.15) is 5.82 Å². The second kappa shape index (κ2) is 5.70. The minimum Gasteiger partial charge on any atom is -0.269 e. The topological polar surface area (TPSA) is 89.2 Å². The molecular weight excluding hydrogens is 260 g/mol. The average Bonchev–Trinajstić information content (AvgIpc) is 2.48. The fourth-order valence-electron chi connectivity index (χ4n) is 1.60. The summed E-state index contributed by atoms with van der Waals surface area (Å²) in [5.41, 5.74) is 0.351. The van der Waals surface area contributed by atoms with Gasteiger partial charge in [0.2, 0.25) is 0 Å². The zero-order valence-electron chi connectivity index (χ0n) is 10.3. The first kappa shape index (κ1) is 13.3. The Morgan fingerprint density at radius 1 is 1.30 bits per heavy atom. The maximum Gasteiger partial charge on any atom is 0.274 e. The molecule has 0 radical (unpaired) electrons. The molecule has 2 aromatic rings. The molecule has 20 heavy (non-hydrogen) atoms. The van der Waals surface area contributed by atoms with Crippen molar-refractivity contribution < 1.29 is 9.72 Å². The summed E-state index contributed by atoms with van der Waals surface area (Å²) in [5.74, 6) is -0.292. The number of nitro groups is 1. The maximum absolute atomic E-state index is 12.0. The highest BCUT2D eigenvalue weighted by atomic mass is 16.6. The Balaban J connectivity index is 2.52. The molecular formula is C13H10N4O3. The Labute approximate surface area is 114 Å². The third-order valence-corrected chi connectivity index (χ3v) is 2.48. The van der Waals surface area contributed by atoms with Crippen LogP contribution in [0.25, 0.3) is 0 Å². The highest BCUT2D eigenvalue weighted by molar-refractivity contribution is 6.06. The first-order valence-electron chi connectivity index (χ1n) is 5.60. The van der Waals surface area contributed by atoms with Gasteiger partial charge >= 0.3 is 0 Å². The molecule has 7 heteroatoms. The number of rotatable bonds is 4. The van der Waals surface area contributed by atoms with E-state index < -0.39 is 10.8 Å². The Morgan fingerprint density at radius 3 is 2.60 bits per heavy atom. The fraction of sp³-hybridized carbons (Fsp3) is 0. The van der Waals surface area contributed by atoms with Gasteiger partial charge in [-0.2, -0.15) is 0 Å². The predicted octanol–water partition coefficient (Wildman–Crippen LogP) is 2.24. The number of nitrogens with zero attached hydrogens (tertiary/aromatic N) is 4. The fourth-order valence-corrected chi connectivity index (χ4v) is 1.60. The molecule has 0 saturated carbocycles. The van der Waals surface area contributed by atoms with E-state index in [1.54, 1.807) is 12.1 Å². The number of anilines is 2. The summed E-state index contributed by atoms with van der Waals surface area (Å²) in [7, 11) is 0. The van der Waals surface area contributed by atoms with Gasteiger partial charge in [0.25, 0.3) is 11.6 Å². The van der Waals surface area contributed by atoms with E-state index in [-0.39, 0.29) is 11.5 Å². The van der Waals surface area contributed by atoms with Gasteiger partial charge in [-0.1, -0.05) is 6.58 Å². The lowest BCUT2D eigenvalue weighted by Crippen LogP contribution is -2.24. The molecule has 1 amide bonds. The normalized spacial score (nSPS) is 9.80. The first-order valence-corrected chi connectivity index (χ1v) is 5.60. The molecule has 2 rings (SSSR count). The van der Waals surface area contributed by atoms with Crippen molar-refractivity contribution in [2.45, 2.75) is 0 Å². The molecule has 0 N–H and O–H groups in total. The van der Waals surface area contributed by atoms with Gasteiger partial charge < -0.3 is 0 Å². The summed E-state index contributed by atoms with van der Waals surface area (Å²) < 4.78 is 0. The van der Waals surface area contributed by atoms with Gasteiger partial charge in [-0.15, -0.1) is 0 Å². The molecule has 0 saturated heterocycles. The summed E-state index contributed by atoms with van der Waals surface area (Å²) in [6.07, 6.45) is 5.41. The van der Waals surface area contributed by atoms with E-state index in [4.69, 9.17) is 0 Å². The summed E-state index contributed by atoms with van der Waals surface area (Å²) in [6, 6.07) is 5.68. The monoisotopic (exact) mass is 270 g/mol. The van der Waals surface area contributed by atoms with Crippen LogP contribution in [0.3, 0.4) is 0 Å².